The van der Waals surface area contributed by atoms with Crippen molar-refractivity contribution in [3.8, 4) is 0 Å². The summed E-state index contributed by atoms with van der Waals surface area (Å²) < 4.78 is 13.4. The lowest BCUT2D eigenvalue weighted by molar-refractivity contribution is 0.222. The van der Waals surface area contributed by atoms with Crippen molar-refractivity contribution in [1.29, 1.82) is 0 Å². The van der Waals surface area contributed by atoms with E-state index in [2.05, 4.69) is 16.8 Å². The Morgan fingerprint density at radius 3 is 2.67 bits per heavy atom. The van der Waals surface area contributed by atoms with Crippen LogP contribution >= 0.6 is 0 Å². The summed E-state index contributed by atoms with van der Waals surface area (Å²) in [5, 5.41) is 1.38. The third kappa shape index (κ3) is 2.60. The molecule has 0 spiro atoms. The Kier molecular flexibility index (Phi) is 3.81. The van der Waals surface area contributed by atoms with Gasteiger partial charge in [0.1, 0.15) is 5.82 Å². The van der Waals surface area contributed by atoms with Crippen molar-refractivity contribution in [3.05, 3.63) is 45.6 Å². The van der Waals surface area contributed by atoms with Gasteiger partial charge in [-0.05, 0) is 68.4 Å². The standard InChI is InChI=1S/C17H21FN2O/c1-3-20-8-6-12(7-9-20)16-11(2)19-17(21)15-10-13(18)4-5-14(15)16/h4-5,10,12H,3,6-9H2,1-2H3,(H,19,21). The molecule has 1 aromatic heterocycles. The molecule has 2 heterocycles. The summed E-state index contributed by atoms with van der Waals surface area (Å²) in [6.45, 7) is 7.39. The highest BCUT2D eigenvalue weighted by atomic mass is 19.1. The molecule has 3 nitrogen and oxygen atoms in total. The fourth-order valence-corrected chi connectivity index (χ4v) is 3.51. The summed E-state index contributed by atoms with van der Waals surface area (Å²) in [6, 6.07) is 4.55. The molecule has 0 radical (unpaired) electrons. The number of benzene rings is 1. The Morgan fingerprint density at radius 2 is 2.00 bits per heavy atom. The van der Waals surface area contributed by atoms with Crippen LogP contribution in [0.3, 0.4) is 0 Å². The number of rotatable bonds is 2. The van der Waals surface area contributed by atoms with Crippen LogP contribution in [0.5, 0.6) is 0 Å². The van der Waals surface area contributed by atoms with E-state index >= 15 is 0 Å². The van der Waals surface area contributed by atoms with Gasteiger partial charge in [-0.2, -0.15) is 0 Å². The molecular weight excluding hydrogens is 267 g/mol. The molecule has 0 unspecified atom stereocenters. The van der Waals surface area contributed by atoms with Crippen LogP contribution in [0.1, 0.15) is 36.9 Å². The second-order valence-corrected chi connectivity index (χ2v) is 5.89. The molecule has 112 valence electrons. The van der Waals surface area contributed by atoms with Crippen LogP contribution in [0.15, 0.2) is 23.0 Å². The Morgan fingerprint density at radius 1 is 1.29 bits per heavy atom. The lowest BCUT2D eigenvalue weighted by atomic mass is 9.85. The maximum atomic E-state index is 13.4. The molecule has 0 bridgehead atoms. The summed E-state index contributed by atoms with van der Waals surface area (Å²) >= 11 is 0. The molecule has 1 N–H and O–H groups in total. The molecule has 1 aliphatic rings. The van der Waals surface area contributed by atoms with Gasteiger partial charge in [0, 0.05) is 5.69 Å². The van der Waals surface area contributed by atoms with E-state index in [-0.39, 0.29) is 11.4 Å². The molecular formula is C17H21FN2O. The molecule has 1 saturated heterocycles. The highest BCUT2D eigenvalue weighted by molar-refractivity contribution is 5.86. The van der Waals surface area contributed by atoms with Crippen LogP contribution in [0.4, 0.5) is 4.39 Å². The highest BCUT2D eigenvalue weighted by Gasteiger charge is 2.23. The number of pyridine rings is 1. The molecule has 0 atom stereocenters. The zero-order chi connectivity index (χ0) is 15.0. The Hall–Kier alpha value is -1.68. The third-order valence-corrected chi connectivity index (χ3v) is 4.66. The number of piperidine rings is 1. The minimum atomic E-state index is -0.358. The Balaban J connectivity index is 2.08. The lowest BCUT2D eigenvalue weighted by Gasteiger charge is -2.32. The first-order chi connectivity index (χ1) is 10.1. The number of hydrogen-bond donors (Lipinski definition) is 1. The average Bonchev–Trinajstić information content (AvgIpc) is 2.48. The van der Waals surface area contributed by atoms with Gasteiger partial charge in [-0.3, -0.25) is 4.79 Å². The molecule has 1 aromatic carbocycles. The van der Waals surface area contributed by atoms with Crippen LogP contribution in [-0.4, -0.2) is 29.5 Å². The van der Waals surface area contributed by atoms with Crippen molar-refractivity contribution in [2.24, 2.45) is 0 Å². The summed E-state index contributed by atoms with van der Waals surface area (Å²) in [6.07, 6.45) is 2.18. The Labute approximate surface area is 123 Å². The van der Waals surface area contributed by atoms with E-state index in [0.717, 1.165) is 43.6 Å². The zero-order valence-electron chi connectivity index (χ0n) is 12.6. The molecule has 0 aliphatic carbocycles. The van der Waals surface area contributed by atoms with E-state index in [9.17, 15) is 9.18 Å². The normalized spacial score (nSPS) is 17.5. The van der Waals surface area contributed by atoms with E-state index < -0.39 is 0 Å². The van der Waals surface area contributed by atoms with Gasteiger partial charge in [0.15, 0.2) is 0 Å². The van der Waals surface area contributed by atoms with Gasteiger partial charge in [-0.15, -0.1) is 0 Å². The van der Waals surface area contributed by atoms with Crippen LogP contribution in [0.25, 0.3) is 10.8 Å². The molecule has 1 fully saturated rings. The number of fused-ring (bicyclic) bond motifs is 1. The molecule has 2 aromatic rings. The van der Waals surface area contributed by atoms with Crippen molar-refractivity contribution in [1.82, 2.24) is 9.88 Å². The maximum Gasteiger partial charge on any atom is 0.256 e. The second kappa shape index (κ2) is 5.60. The summed E-state index contributed by atoms with van der Waals surface area (Å²) in [5.41, 5.74) is 1.92. The third-order valence-electron chi connectivity index (χ3n) is 4.66. The minimum absolute atomic E-state index is 0.197. The number of H-pyrrole nitrogens is 1. The van der Waals surface area contributed by atoms with E-state index in [1.54, 1.807) is 6.07 Å². The van der Waals surface area contributed by atoms with Crippen LogP contribution in [0.2, 0.25) is 0 Å². The number of aromatic nitrogens is 1. The number of nitrogens with one attached hydrogen (secondary N) is 1. The number of hydrogen-bond acceptors (Lipinski definition) is 2. The lowest BCUT2D eigenvalue weighted by Crippen LogP contribution is -2.33. The van der Waals surface area contributed by atoms with Crippen LogP contribution in [-0.2, 0) is 0 Å². The SMILES string of the molecule is CCN1CCC(c2c(C)[nH]c(=O)c3cc(F)ccc23)CC1. The largest absolute Gasteiger partial charge is 0.326 e. The van der Waals surface area contributed by atoms with Crippen LogP contribution < -0.4 is 5.56 Å². The predicted octanol–water partition coefficient (Wildman–Crippen LogP) is 3.17. The maximum absolute atomic E-state index is 13.4. The monoisotopic (exact) mass is 288 g/mol. The van der Waals surface area contributed by atoms with Gasteiger partial charge in [-0.1, -0.05) is 13.0 Å². The first kappa shape index (κ1) is 14.3. The van der Waals surface area contributed by atoms with E-state index in [4.69, 9.17) is 0 Å². The van der Waals surface area contributed by atoms with Gasteiger partial charge in [0.05, 0.1) is 5.39 Å². The molecule has 0 amide bonds. The van der Waals surface area contributed by atoms with Crippen molar-refractivity contribution in [2.75, 3.05) is 19.6 Å². The molecule has 1 aliphatic heterocycles. The molecule has 21 heavy (non-hydrogen) atoms. The van der Waals surface area contributed by atoms with E-state index in [1.807, 2.05) is 6.92 Å². The number of aromatic amines is 1. The van der Waals surface area contributed by atoms with Crippen molar-refractivity contribution < 1.29 is 4.39 Å². The number of likely N-dealkylation sites (tertiary alicyclic amines) is 1. The van der Waals surface area contributed by atoms with E-state index in [0.29, 0.717) is 11.3 Å². The molecule has 4 heteroatoms. The minimum Gasteiger partial charge on any atom is -0.326 e. The van der Waals surface area contributed by atoms with Gasteiger partial charge >= 0.3 is 0 Å². The zero-order valence-corrected chi connectivity index (χ0v) is 12.6. The average molecular weight is 288 g/mol. The Bertz CT molecular complexity index is 715. The molecule has 0 saturated carbocycles. The van der Waals surface area contributed by atoms with Gasteiger partial charge in [0.2, 0.25) is 0 Å². The number of aryl methyl sites for hydroxylation is 1. The fraction of sp³-hybridized carbons (Fsp3) is 0.471. The number of nitrogens with zero attached hydrogens (tertiary/aromatic N) is 1. The van der Waals surface area contributed by atoms with Crippen molar-refractivity contribution in [3.63, 3.8) is 0 Å². The number of halogens is 1. The van der Waals surface area contributed by atoms with Gasteiger partial charge in [0.25, 0.3) is 5.56 Å². The fourth-order valence-electron chi connectivity index (χ4n) is 3.51. The molecule has 3 rings (SSSR count). The van der Waals surface area contributed by atoms with Gasteiger partial charge < -0.3 is 9.88 Å². The smallest absolute Gasteiger partial charge is 0.256 e. The van der Waals surface area contributed by atoms with Crippen molar-refractivity contribution in [2.45, 2.75) is 32.6 Å². The van der Waals surface area contributed by atoms with E-state index in [1.165, 1.54) is 17.7 Å². The summed E-state index contributed by atoms with van der Waals surface area (Å²) in [5.74, 6) is 0.0845. The predicted molar refractivity (Wildman–Crippen MR) is 83.4 cm³/mol. The first-order valence-corrected chi connectivity index (χ1v) is 7.64. The first-order valence-electron chi connectivity index (χ1n) is 7.64. The summed E-state index contributed by atoms with van der Waals surface area (Å²) in [4.78, 5) is 17.4. The highest BCUT2D eigenvalue weighted by Crippen LogP contribution is 2.33. The van der Waals surface area contributed by atoms with Gasteiger partial charge in [-0.25, -0.2) is 4.39 Å². The van der Waals surface area contributed by atoms with Crippen molar-refractivity contribution >= 4 is 10.8 Å². The topological polar surface area (TPSA) is 36.1 Å². The summed E-state index contributed by atoms with van der Waals surface area (Å²) in [7, 11) is 0. The quantitative estimate of drug-likeness (QED) is 0.921. The van der Waals surface area contributed by atoms with Crippen LogP contribution in [0, 0.1) is 12.7 Å². The second-order valence-electron chi connectivity index (χ2n) is 5.89.